The van der Waals surface area contributed by atoms with Crippen molar-refractivity contribution in [2.75, 3.05) is 9.71 Å². The van der Waals surface area contributed by atoms with Crippen molar-refractivity contribution in [3.8, 4) is 44.5 Å². The van der Waals surface area contributed by atoms with E-state index in [9.17, 15) is 0 Å². The summed E-state index contributed by atoms with van der Waals surface area (Å²) >= 11 is 0. The first-order valence-electron chi connectivity index (χ1n) is 23.0. The van der Waals surface area contributed by atoms with Gasteiger partial charge in [-0.2, -0.15) is 0 Å². The first kappa shape index (κ1) is 34.6. The Morgan fingerprint density at radius 1 is 0.338 bits per heavy atom. The third-order valence-corrected chi connectivity index (χ3v) is 20.9. The Morgan fingerprint density at radius 2 is 0.877 bits per heavy atom. The molecule has 0 amide bonds. The van der Waals surface area contributed by atoms with Gasteiger partial charge in [-0.1, -0.05) is 200 Å². The highest BCUT2D eigenvalue weighted by atomic mass is 28.3. The second kappa shape index (κ2) is 12.0. The van der Waals surface area contributed by atoms with Crippen LogP contribution in [0.4, 0.5) is 28.4 Å². The molecule has 298 valence electrons. The van der Waals surface area contributed by atoms with Crippen LogP contribution in [0.5, 0.6) is 0 Å². The minimum absolute atomic E-state index is 0.0849. The van der Waals surface area contributed by atoms with Gasteiger partial charge in [-0.15, -0.1) is 0 Å². The fourth-order valence-electron chi connectivity index (χ4n) is 13.9. The van der Waals surface area contributed by atoms with Crippen LogP contribution in [0.15, 0.2) is 224 Å². The number of anilines is 5. The van der Waals surface area contributed by atoms with Gasteiger partial charge in [-0.25, -0.2) is 0 Å². The van der Waals surface area contributed by atoms with Crippen molar-refractivity contribution >= 4 is 75.0 Å². The van der Waals surface area contributed by atoms with Gasteiger partial charge in [0.1, 0.15) is 0 Å². The Labute approximate surface area is 379 Å². The number of para-hydroxylation sites is 4. The molecule has 0 fully saturated rings. The number of benzene rings is 10. The lowest BCUT2D eigenvalue weighted by Crippen LogP contribution is -2.78. The van der Waals surface area contributed by atoms with Crippen LogP contribution in [0.25, 0.3) is 44.5 Å². The number of hydrogen-bond acceptors (Lipinski definition) is 2. The minimum Gasteiger partial charge on any atom is -0.376 e. The van der Waals surface area contributed by atoms with Crippen LogP contribution >= 0.6 is 0 Å². The summed E-state index contributed by atoms with van der Waals surface area (Å²) in [6, 6.07) is 86.5. The fraction of sp³-hybridized carbons (Fsp3) is 0.0164. The van der Waals surface area contributed by atoms with Crippen molar-refractivity contribution in [2.45, 2.75) is 5.41 Å². The monoisotopic (exact) mass is 836 g/mol. The molecular weight excluding hydrogens is 800 g/mol. The van der Waals surface area contributed by atoms with Crippen molar-refractivity contribution < 1.29 is 0 Å². The molecule has 0 N–H and O–H groups in total. The standard InChI is InChI=1S/C61H37BN2Si/c1-2-18-38(19-3-1)39-36-45-44-24-16-35-57-59(44)64(52-31-12-15-34-56(52)65(57)54-32-13-6-22-42(54)43-23-7-14-33-55(43)65)62-50-29-17-28-49-60(50)63(53(37-39)58(45)62)51-30-11-10-27-48(51)61(49)46-25-8-4-20-40(46)41-21-5-9-26-47(41)61/h1-37H. The maximum Gasteiger partial charge on any atom is 0.333 e. The molecule has 0 saturated heterocycles. The Kier molecular flexibility index (Phi) is 6.38. The van der Waals surface area contributed by atoms with Gasteiger partial charge in [0.25, 0.3) is 0 Å². The molecule has 6 aliphatic rings. The summed E-state index contributed by atoms with van der Waals surface area (Å²) in [7, 11) is -2.81. The number of hydrogen-bond donors (Lipinski definition) is 0. The normalized spacial score (nSPS) is 15.5. The largest absolute Gasteiger partial charge is 0.376 e. The highest BCUT2D eigenvalue weighted by Gasteiger charge is 2.60. The van der Waals surface area contributed by atoms with Crippen LogP contribution in [0.3, 0.4) is 0 Å². The highest BCUT2D eigenvalue weighted by molar-refractivity contribution is 7.24. The molecule has 65 heavy (non-hydrogen) atoms. The molecule has 0 bridgehead atoms. The zero-order valence-electron chi connectivity index (χ0n) is 35.3. The van der Waals surface area contributed by atoms with Crippen molar-refractivity contribution in [1.82, 2.24) is 0 Å². The van der Waals surface area contributed by atoms with Crippen molar-refractivity contribution in [3.05, 3.63) is 247 Å². The molecule has 5 aliphatic heterocycles. The van der Waals surface area contributed by atoms with Gasteiger partial charge in [-0.3, -0.25) is 0 Å². The van der Waals surface area contributed by atoms with E-state index in [1.807, 2.05) is 0 Å². The quantitative estimate of drug-likeness (QED) is 0.152. The molecule has 4 heteroatoms. The number of rotatable bonds is 1. The number of nitrogens with zero attached hydrogens (tertiary/aromatic N) is 2. The molecule has 0 aromatic heterocycles. The van der Waals surface area contributed by atoms with E-state index < -0.39 is 13.5 Å². The van der Waals surface area contributed by atoms with Crippen molar-refractivity contribution in [3.63, 3.8) is 0 Å². The van der Waals surface area contributed by atoms with Crippen LogP contribution in [0.1, 0.15) is 22.3 Å². The lowest BCUT2D eigenvalue weighted by Gasteiger charge is -2.54. The summed E-state index contributed by atoms with van der Waals surface area (Å²) in [6.07, 6.45) is 0. The Morgan fingerprint density at radius 3 is 1.60 bits per heavy atom. The first-order chi connectivity index (χ1) is 32.3. The van der Waals surface area contributed by atoms with Crippen molar-refractivity contribution in [1.29, 1.82) is 0 Å². The molecule has 10 aromatic carbocycles. The van der Waals surface area contributed by atoms with Crippen LogP contribution < -0.4 is 41.4 Å². The van der Waals surface area contributed by atoms with Gasteiger partial charge in [0.15, 0.2) is 8.07 Å². The predicted octanol–water partition coefficient (Wildman–Crippen LogP) is 10.4. The van der Waals surface area contributed by atoms with Gasteiger partial charge in [0, 0.05) is 28.3 Å². The summed E-state index contributed by atoms with van der Waals surface area (Å²) in [6.45, 7) is -0.0849. The summed E-state index contributed by atoms with van der Waals surface area (Å²) in [4.78, 5) is 5.47. The lowest BCUT2D eigenvalue weighted by atomic mass is 9.42. The SMILES string of the molecule is c1ccc(-c2cc3c4c(c2)N2c5ccccc5C5(c6ccccc6-c6ccccc65)c5cccc(c52)B4N2c4ccccc4[Si]4(c5ccccc5-c5ccccc54)c4cccc-3c42)cc1. The maximum absolute atomic E-state index is 2.81. The Hall–Kier alpha value is -7.92. The Balaban J connectivity index is 1.08. The molecular formula is C61H37BN2Si. The summed E-state index contributed by atoms with van der Waals surface area (Å²) in [5.74, 6) is 0. The fourth-order valence-corrected chi connectivity index (χ4v) is 19.4. The average molecular weight is 837 g/mol. The molecule has 2 spiro atoms. The third kappa shape index (κ3) is 3.86. The Bertz CT molecular complexity index is 3690. The summed E-state index contributed by atoms with van der Waals surface area (Å²) < 4.78 is 0. The smallest absolute Gasteiger partial charge is 0.333 e. The van der Waals surface area contributed by atoms with Crippen LogP contribution in [-0.4, -0.2) is 14.9 Å². The molecule has 0 atom stereocenters. The van der Waals surface area contributed by atoms with Crippen LogP contribution in [0, 0.1) is 0 Å². The molecule has 0 saturated carbocycles. The minimum atomic E-state index is -2.81. The second-order valence-corrected chi connectivity index (χ2v) is 22.2. The van der Waals surface area contributed by atoms with E-state index in [4.69, 9.17) is 0 Å². The van der Waals surface area contributed by atoms with Gasteiger partial charge in [0.05, 0.1) is 11.1 Å². The predicted molar refractivity (Wildman–Crippen MR) is 273 cm³/mol. The van der Waals surface area contributed by atoms with Gasteiger partial charge < -0.3 is 9.71 Å². The van der Waals surface area contributed by atoms with E-state index in [2.05, 4.69) is 234 Å². The second-order valence-electron chi connectivity index (χ2n) is 18.6. The zero-order chi connectivity index (χ0) is 42.2. The molecule has 16 rings (SSSR count). The molecule has 5 heterocycles. The van der Waals surface area contributed by atoms with Crippen molar-refractivity contribution in [2.24, 2.45) is 0 Å². The topological polar surface area (TPSA) is 6.48 Å². The van der Waals surface area contributed by atoms with E-state index in [1.165, 1.54) is 127 Å². The molecule has 1 aliphatic carbocycles. The molecule has 2 nitrogen and oxygen atoms in total. The number of fused-ring (bicyclic) bond motifs is 22. The van der Waals surface area contributed by atoms with Crippen LogP contribution in [-0.2, 0) is 5.41 Å². The maximum atomic E-state index is 2.80. The van der Waals surface area contributed by atoms with E-state index in [0.717, 1.165) is 0 Å². The zero-order valence-corrected chi connectivity index (χ0v) is 36.3. The first-order valence-corrected chi connectivity index (χ1v) is 25.0. The molecule has 10 aromatic rings. The van der Waals surface area contributed by atoms with E-state index in [0.29, 0.717) is 0 Å². The summed E-state index contributed by atoms with van der Waals surface area (Å²) in [5, 5.41) is 5.95. The van der Waals surface area contributed by atoms with Gasteiger partial charge >= 0.3 is 6.85 Å². The highest BCUT2D eigenvalue weighted by Crippen LogP contribution is 2.64. The van der Waals surface area contributed by atoms with E-state index >= 15 is 0 Å². The average Bonchev–Trinajstić information content (AvgIpc) is 3.84. The van der Waals surface area contributed by atoms with E-state index in [1.54, 1.807) is 0 Å². The van der Waals surface area contributed by atoms with Gasteiger partial charge in [0.2, 0.25) is 0 Å². The lowest BCUT2D eigenvalue weighted by molar-refractivity contribution is 0.753. The molecule has 0 unspecified atom stereocenters. The summed E-state index contributed by atoms with van der Waals surface area (Å²) in [5.41, 5.74) is 24.6. The van der Waals surface area contributed by atoms with Crippen LogP contribution in [0.2, 0.25) is 0 Å². The van der Waals surface area contributed by atoms with E-state index in [-0.39, 0.29) is 6.85 Å². The third-order valence-electron chi connectivity index (χ3n) is 16.0. The molecule has 0 radical (unpaired) electrons. The van der Waals surface area contributed by atoms with Gasteiger partial charge in [-0.05, 0) is 117 Å².